The number of piperidine rings is 1. The second-order valence-corrected chi connectivity index (χ2v) is 6.68. The van der Waals surface area contributed by atoms with Gasteiger partial charge in [-0.1, -0.05) is 0 Å². The molecule has 2 saturated heterocycles. The Hall–Kier alpha value is -0.940. The predicted molar refractivity (Wildman–Crippen MR) is 76.1 cm³/mol. The van der Waals surface area contributed by atoms with Crippen molar-refractivity contribution in [3.8, 4) is 0 Å². The fourth-order valence-electron chi connectivity index (χ4n) is 3.36. The molecule has 2 N–H and O–H groups in total. The van der Waals surface area contributed by atoms with Crippen molar-refractivity contribution in [3.05, 3.63) is 16.6 Å². The summed E-state index contributed by atoms with van der Waals surface area (Å²) in [4.78, 5) is 16.1. The molecule has 2 aliphatic heterocycles. The molecule has 3 heterocycles. The number of aromatic nitrogens is 1. The number of amides is 1. The lowest BCUT2D eigenvalue weighted by Crippen LogP contribution is -2.39. The van der Waals surface area contributed by atoms with Crippen molar-refractivity contribution in [2.24, 2.45) is 5.92 Å². The number of hydrogen-bond acceptors (Lipinski definition) is 4. The van der Waals surface area contributed by atoms with Crippen LogP contribution in [0.3, 0.4) is 0 Å². The molecule has 0 radical (unpaired) electrons. The lowest BCUT2D eigenvalue weighted by molar-refractivity contribution is -0.122. The van der Waals surface area contributed by atoms with Crippen LogP contribution in [0.5, 0.6) is 0 Å². The highest BCUT2D eigenvalue weighted by Crippen LogP contribution is 2.32. The maximum absolute atomic E-state index is 11.9. The summed E-state index contributed by atoms with van der Waals surface area (Å²) in [5.74, 6) is 0.793. The first-order chi connectivity index (χ1) is 9.29. The number of hydrogen-bond donors (Lipinski definition) is 2. The molecule has 2 atom stereocenters. The molecule has 2 fully saturated rings. The molecule has 0 spiro atoms. The quantitative estimate of drug-likeness (QED) is 0.863. The third-order valence-electron chi connectivity index (χ3n) is 4.19. The van der Waals surface area contributed by atoms with Gasteiger partial charge in [-0.15, -0.1) is 11.3 Å². The minimum absolute atomic E-state index is 0.211. The molecule has 1 amide bonds. The van der Waals surface area contributed by atoms with E-state index >= 15 is 0 Å². The van der Waals surface area contributed by atoms with Crippen LogP contribution in [0.4, 0.5) is 0 Å². The van der Waals surface area contributed by atoms with Gasteiger partial charge in [0.25, 0.3) is 0 Å². The molecule has 5 heteroatoms. The maximum Gasteiger partial charge on any atom is 0.220 e. The van der Waals surface area contributed by atoms with Gasteiger partial charge in [-0.2, -0.15) is 0 Å². The second-order valence-electron chi connectivity index (χ2n) is 5.71. The Morgan fingerprint density at radius 2 is 2.21 bits per heavy atom. The number of carbonyl (C=O) groups is 1. The monoisotopic (exact) mass is 279 g/mol. The van der Waals surface area contributed by atoms with Crippen molar-refractivity contribution in [2.75, 3.05) is 6.54 Å². The highest BCUT2D eigenvalue weighted by molar-refractivity contribution is 7.09. The highest BCUT2D eigenvalue weighted by Gasteiger charge is 2.33. The summed E-state index contributed by atoms with van der Waals surface area (Å²) in [6.45, 7) is 0.712. The van der Waals surface area contributed by atoms with Crippen LogP contribution in [0.25, 0.3) is 0 Å². The summed E-state index contributed by atoms with van der Waals surface area (Å²) in [5, 5.41) is 9.71. The van der Waals surface area contributed by atoms with Crippen molar-refractivity contribution in [2.45, 2.75) is 50.6 Å². The van der Waals surface area contributed by atoms with E-state index in [9.17, 15) is 4.79 Å². The van der Waals surface area contributed by atoms with Crippen LogP contribution in [0.15, 0.2) is 11.6 Å². The minimum atomic E-state index is 0.211. The lowest BCUT2D eigenvalue weighted by Gasteiger charge is -2.28. The Morgan fingerprint density at radius 3 is 2.89 bits per heavy atom. The molecule has 1 aromatic rings. The number of fused-ring (bicyclic) bond motifs is 2. The molecule has 0 aromatic carbocycles. The lowest BCUT2D eigenvalue weighted by atomic mass is 9.89. The van der Waals surface area contributed by atoms with Gasteiger partial charge in [0.1, 0.15) is 0 Å². The van der Waals surface area contributed by atoms with E-state index in [4.69, 9.17) is 0 Å². The Balaban J connectivity index is 1.37. The zero-order chi connectivity index (χ0) is 13.1. The van der Waals surface area contributed by atoms with Gasteiger partial charge in [-0.05, 0) is 31.6 Å². The first-order valence-corrected chi connectivity index (χ1v) is 8.08. The third-order valence-corrected chi connectivity index (χ3v) is 5.03. The second kappa shape index (κ2) is 6.01. The van der Waals surface area contributed by atoms with E-state index in [2.05, 4.69) is 15.6 Å². The normalized spacial score (nSPS) is 29.4. The van der Waals surface area contributed by atoms with Crippen LogP contribution in [-0.2, 0) is 11.2 Å². The van der Waals surface area contributed by atoms with Crippen LogP contribution in [0.2, 0.25) is 0 Å². The van der Waals surface area contributed by atoms with E-state index in [1.54, 1.807) is 11.3 Å². The molecule has 4 nitrogen and oxygen atoms in total. The Morgan fingerprint density at radius 1 is 1.42 bits per heavy atom. The van der Waals surface area contributed by atoms with Gasteiger partial charge in [0.15, 0.2) is 0 Å². The van der Waals surface area contributed by atoms with Crippen molar-refractivity contribution >= 4 is 17.2 Å². The Kier molecular flexibility index (Phi) is 4.13. The van der Waals surface area contributed by atoms with Crippen LogP contribution in [0.1, 0.15) is 37.1 Å². The SMILES string of the molecule is O=C(CC1CC2CCC(C1)N2)NCCc1nccs1. The molecular weight excluding hydrogens is 258 g/mol. The van der Waals surface area contributed by atoms with Crippen LogP contribution < -0.4 is 10.6 Å². The first-order valence-electron chi connectivity index (χ1n) is 7.20. The zero-order valence-corrected chi connectivity index (χ0v) is 11.9. The van der Waals surface area contributed by atoms with Crippen LogP contribution in [0, 0.1) is 5.92 Å². The van der Waals surface area contributed by atoms with Gasteiger partial charge in [0, 0.05) is 43.0 Å². The fraction of sp³-hybridized carbons (Fsp3) is 0.714. The van der Waals surface area contributed by atoms with Gasteiger partial charge in [0.05, 0.1) is 5.01 Å². The summed E-state index contributed by atoms with van der Waals surface area (Å²) >= 11 is 1.65. The van der Waals surface area contributed by atoms with E-state index in [-0.39, 0.29) is 5.91 Å². The molecule has 1 aromatic heterocycles. The Labute approximate surface area is 118 Å². The smallest absolute Gasteiger partial charge is 0.220 e. The fourth-order valence-corrected chi connectivity index (χ4v) is 3.98. The Bertz CT molecular complexity index is 408. The molecule has 2 unspecified atom stereocenters. The van der Waals surface area contributed by atoms with Crippen LogP contribution >= 0.6 is 11.3 Å². The zero-order valence-electron chi connectivity index (χ0n) is 11.1. The number of nitrogens with zero attached hydrogens (tertiary/aromatic N) is 1. The standard InChI is InChI=1S/C14H21N3OS/c18-13(15-4-3-14-16-5-6-19-14)9-10-7-11-1-2-12(8-10)17-11/h5-6,10-12,17H,1-4,7-9H2,(H,15,18). The van der Waals surface area contributed by atoms with E-state index in [0.717, 1.165) is 11.4 Å². The summed E-state index contributed by atoms with van der Waals surface area (Å²) in [5.41, 5.74) is 0. The molecule has 0 saturated carbocycles. The highest BCUT2D eigenvalue weighted by atomic mass is 32.1. The topological polar surface area (TPSA) is 54.0 Å². The number of nitrogens with one attached hydrogen (secondary N) is 2. The van der Waals surface area contributed by atoms with E-state index in [0.29, 0.717) is 31.0 Å². The molecule has 2 bridgehead atoms. The van der Waals surface area contributed by atoms with E-state index < -0.39 is 0 Å². The summed E-state index contributed by atoms with van der Waals surface area (Å²) in [6, 6.07) is 1.35. The van der Waals surface area contributed by atoms with Gasteiger partial charge in [0.2, 0.25) is 5.91 Å². The van der Waals surface area contributed by atoms with Crippen LogP contribution in [-0.4, -0.2) is 29.5 Å². The first kappa shape index (κ1) is 13.1. The number of rotatable bonds is 5. The van der Waals surface area contributed by atoms with Gasteiger partial charge >= 0.3 is 0 Å². The number of thiazole rings is 1. The predicted octanol–water partition coefficient (Wildman–Crippen LogP) is 1.72. The molecule has 0 aliphatic carbocycles. The maximum atomic E-state index is 11.9. The van der Waals surface area contributed by atoms with Crippen molar-refractivity contribution < 1.29 is 4.79 Å². The average Bonchev–Trinajstić information content (AvgIpc) is 2.99. The summed E-state index contributed by atoms with van der Waals surface area (Å²) in [7, 11) is 0. The molecule has 19 heavy (non-hydrogen) atoms. The molecule has 104 valence electrons. The van der Waals surface area contributed by atoms with Gasteiger partial charge in [-0.25, -0.2) is 4.98 Å². The minimum Gasteiger partial charge on any atom is -0.356 e. The van der Waals surface area contributed by atoms with Crippen molar-refractivity contribution in [1.29, 1.82) is 0 Å². The molecule has 2 aliphatic rings. The molecular formula is C14H21N3OS. The van der Waals surface area contributed by atoms with Gasteiger partial charge < -0.3 is 10.6 Å². The van der Waals surface area contributed by atoms with E-state index in [1.165, 1.54) is 25.7 Å². The van der Waals surface area contributed by atoms with Crippen molar-refractivity contribution in [3.63, 3.8) is 0 Å². The van der Waals surface area contributed by atoms with Gasteiger partial charge in [-0.3, -0.25) is 4.79 Å². The number of carbonyl (C=O) groups excluding carboxylic acids is 1. The summed E-state index contributed by atoms with van der Waals surface area (Å²) in [6.07, 6.45) is 8.31. The molecule has 3 rings (SSSR count). The van der Waals surface area contributed by atoms with Crippen molar-refractivity contribution in [1.82, 2.24) is 15.6 Å². The third kappa shape index (κ3) is 3.54. The average molecular weight is 279 g/mol. The summed E-state index contributed by atoms with van der Waals surface area (Å²) < 4.78 is 0. The largest absolute Gasteiger partial charge is 0.356 e. The van der Waals surface area contributed by atoms with E-state index in [1.807, 2.05) is 11.6 Å².